The minimum atomic E-state index is -3.65. The molecule has 1 aliphatic heterocycles. The summed E-state index contributed by atoms with van der Waals surface area (Å²) in [5.41, 5.74) is 2.88. The van der Waals surface area contributed by atoms with E-state index in [2.05, 4.69) is 14.6 Å². The Morgan fingerprint density at radius 2 is 1.92 bits per heavy atom. The van der Waals surface area contributed by atoms with Gasteiger partial charge in [0.15, 0.2) is 11.5 Å². The van der Waals surface area contributed by atoms with Crippen molar-refractivity contribution in [2.75, 3.05) is 31.0 Å². The van der Waals surface area contributed by atoms with Crippen molar-refractivity contribution in [3.05, 3.63) is 78.1 Å². The molecule has 1 aliphatic rings. The molecule has 0 saturated carbocycles. The van der Waals surface area contributed by atoms with E-state index in [1.165, 1.54) is 6.92 Å². The fourth-order valence-corrected chi connectivity index (χ4v) is 4.33. The molecule has 0 unspecified atom stereocenters. The highest BCUT2D eigenvalue weighted by atomic mass is 32.2. The molecule has 1 atom stereocenters. The van der Waals surface area contributed by atoms with E-state index in [-0.39, 0.29) is 17.4 Å². The molecule has 1 fully saturated rings. The largest absolute Gasteiger partial charge is 0.493 e. The summed E-state index contributed by atoms with van der Waals surface area (Å²) in [4.78, 5) is 18.7. The quantitative estimate of drug-likeness (QED) is 0.439. The second kappa shape index (κ2) is 11.4. The van der Waals surface area contributed by atoms with Crippen molar-refractivity contribution in [3.63, 3.8) is 0 Å². The number of methoxy groups -OCH3 is 1. The summed E-state index contributed by atoms with van der Waals surface area (Å²) in [6.07, 6.45) is 4.28. The van der Waals surface area contributed by atoms with E-state index >= 15 is 0 Å². The third kappa shape index (κ3) is 6.32. The molecule has 4 rings (SSSR count). The predicted octanol–water partition coefficient (Wildman–Crippen LogP) is 3.68. The third-order valence-electron chi connectivity index (χ3n) is 5.77. The highest BCUT2D eigenvalue weighted by Gasteiger charge is 2.21. The number of hydrogen-bond acceptors (Lipinski definition) is 8. The molecule has 1 N–H and O–H groups in total. The SMILES string of the molecule is CCS(=O)(=O)NC(=O)c1ccc(N(Cc2cccnc2)c2ccc(OC)c(O[C@@H]3CCOC3)c2)cc1. The van der Waals surface area contributed by atoms with Crippen molar-refractivity contribution in [3.8, 4) is 11.5 Å². The number of ether oxygens (including phenoxy) is 3. The number of nitrogens with zero attached hydrogens (tertiary/aromatic N) is 2. The summed E-state index contributed by atoms with van der Waals surface area (Å²) in [6.45, 7) is 3.17. The molecule has 0 aliphatic carbocycles. The lowest BCUT2D eigenvalue weighted by Crippen LogP contribution is -2.31. The van der Waals surface area contributed by atoms with Gasteiger partial charge in [0.25, 0.3) is 5.91 Å². The lowest BCUT2D eigenvalue weighted by atomic mass is 10.1. The van der Waals surface area contributed by atoms with Crippen molar-refractivity contribution in [1.29, 1.82) is 0 Å². The molecule has 1 saturated heterocycles. The molecular formula is C26H29N3O6S. The van der Waals surface area contributed by atoms with Gasteiger partial charge in [0.05, 0.1) is 26.1 Å². The summed E-state index contributed by atoms with van der Waals surface area (Å²) < 4.78 is 42.8. The number of aromatic nitrogens is 1. The second-order valence-electron chi connectivity index (χ2n) is 8.27. The van der Waals surface area contributed by atoms with Gasteiger partial charge >= 0.3 is 0 Å². The number of benzene rings is 2. The number of nitrogens with one attached hydrogen (secondary N) is 1. The van der Waals surface area contributed by atoms with Crippen LogP contribution in [0.2, 0.25) is 0 Å². The monoisotopic (exact) mass is 511 g/mol. The average Bonchev–Trinajstić information content (AvgIpc) is 3.41. The first-order valence-electron chi connectivity index (χ1n) is 11.6. The van der Waals surface area contributed by atoms with Gasteiger partial charge in [-0.2, -0.15) is 0 Å². The Morgan fingerprint density at radius 3 is 2.56 bits per heavy atom. The van der Waals surface area contributed by atoms with Crippen LogP contribution in [0.5, 0.6) is 11.5 Å². The van der Waals surface area contributed by atoms with Gasteiger partial charge in [0.2, 0.25) is 10.0 Å². The molecule has 9 nitrogen and oxygen atoms in total. The average molecular weight is 512 g/mol. The summed E-state index contributed by atoms with van der Waals surface area (Å²) in [5, 5.41) is 0. The number of carbonyl (C=O) groups is 1. The molecule has 3 aromatic rings. The summed E-state index contributed by atoms with van der Waals surface area (Å²) in [5.74, 6) is 0.393. The minimum Gasteiger partial charge on any atom is -0.493 e. The summed E-state index contributed by atoms with van der Waals surface area (Å²) in [6, 6.07) is 16.3. The van der Waals surface area contributed by atoms with Gasteiger partial charge in [0, 0.05) is 48.4 Å². The molecule has 2 aromatic carbocycles. The van der Waals surface area contributed by atoms with Crippen molar-refractivity contribution in [2.45, 2.75) is 26.0 Å². The topological polar surface area (TPSA) is 107 Å². The molecule has 0 bridgehead atoms. The van der Waals surface area contributed by atoms with Crippen molar-refractivity contribution < 1.29 is 27.4 Å². The molecule has 0 spiro atoms. The number of pyridine rings is 1. The Labute approximate surface area is 211 Å². The molecule has 1 aromatic heterocycles. The first-order chi connectivity index (χ1) is 17.4. The Hall–Kier alpha value is -3.63. The van der Waals surface area contributed by atoms with Gasteiger partial charge in [-0.15, -0.1) is 0 Å². The van der Waals surface area contributed by atoms with Crippen LogP contribution >= 0.6 is 0 Å². The Bertz CT molecular complexity index is 1280. The van der Waals surface area contributed by atoms with E-state index < -0.39 is 15.9 Å². The van der Waals surface area contributed by atoms with Crippen LogP contribution in [0.25, 0.3) is 0 Å². The van der Waals surface area contributed by atoms with Gasteiger partial charge in [-0.3, -0.25) is 9.78 Å². The number of anilines is 2. The van der Waals surface area contributed by atoms with Crippen molar-refractivity contribution >= 4 is 27.3 Å². The lowest BCUT2D eigenvalue weighted by Gasteiger charge is -2.27. The van der Waals surface area contributed by atoms with E-state index in [4.69, 9.17) is 14.2 Å². The maximum atomic E-state index is 12.4. The van der Waals surface area contributed by atoms with E-state index in [0.29, 0.717) is 31.3 Å². The standard InChI is InChI=1S/C26H29N3O6S/c1-3-36(31,32)28-26(30)20-6-8-21(9-7-20)29(17-19-5-4-13-27-16-19)22-10-11-24(33-2)25(15-22)35-23-12-14-34-18-23/h4-11,13,15-16,23H,3,12,14,17-18H2,1-2H3,(H,28,30)/t23-/m1/s1. The molecular weight excluding hydrogens is 482 g/mol. The Balaban J connectivity index is 1.66. The van der Waals surface area contributed by atoms with Crippen LogP contribution in [0, 0.1) is 0 Å². The van der Waals surface area contributed by atoms with Crippen LogP contribution in [-0.4, -0.2) is 51.5 Å². The molecule has 2 heterocycles. The van der Waals surface area contributed by atoms with Gasteiger partial charge in [-0.05, 0) is 55.0 Å². The fourth-order valence-electron chi connectivity index (χ4n) is 3.78. The smallest absolute Gasteiger partial charge is 0.264 e. The Morgan fingerprint density at radius 1 is 1.14 bits per heavy atom. The van der Waals surface area contributed by atoms with Crippen LogP contribution in [-0.2, 0) is 21.3 Å². The first kappa shape index (κ1) is 25.5. The van der Waals surface area contributed by atoms with E-state index in [0.717, 1.165) is 23.4 Å². The highest BCUT2D eigenvalue weighted by Crippen LogP contribution is 2.37. The molecule has 10 heteroatoms. The summed E-state index contributed by atoms with van der Waals surface area (Å²) in [7, 11) is -2.05. The van der Waals surface area contributed by atoms with Crippen LogP contribution in [0.3, 0.4) is 0 Å². The first-order valence-corrected chi connectivity index (χ1v) is 13.3. The normalized spacial score (nSPS) is 15.3. The zero-order chi connectivity index (χ0) is 25.5. The molecule has 1 amide bonds. The zero-order valence-corrected chi connectivity index (χ0v) is 21.0. The van der Waals surface area contributed by atoms with Gasteiger partial charge in [0.1, 0.15) is 6.10 Å². The number of carbonyl (C=O) groups excluding carboxylic acids is 1. The number of rotatable bonds is 10. The Kier molecular flexibility index (Phi) is 8.07. The van der Waals surface area contributed by atoms with E-state index in [1.807, 2.05) is 30.3 Å². The fraction of sp³-hybridized carbons (Fsp3) is 0.308. The second-order valence-corrected chi connectivity index (χ2v) is 10.3. The molecule has 190 valence electrons. The summed E-state index contributed by atoms with van der Waals surface area (Å²) >= 11 is 0. The number of hydrogen-bond donors (Lipinski definition) is 1. The molecule has 0 radical (unpaired) electrons. The van der Waals surface area contributed by atoms with E-state index in [9.17, 15) is 13.2 Å². The minimum absolute atomic E-state index is 0.0434. The number of sulfonamides is 1. The van der Waals surface area contributed by atoms with Crippen LogP contribution in [0.1, 0.15) is 29.3 Å². The van der Waals surface area contributed by atoms with E-state index in [1.54, 1.807) is 43.8 Å². The van der Waals surface area contributed by atoms with Gasteiger partial charge < -0.3 is 19.1 Å². The van der Waals surface area contributed by atoms with Gasteiger partial charge in [-0.25, -0.2) is 13.1 Å². The van der Waals surface area contributed by atoms with Crippen LogP contribution < -0.4 is 19.1 Å². The third-order valence-corrected chi connectivity index (χ3v) is 7.03. The lowest BCUT2D eigenvalue weighted by molar-refractivity contribution is 0.0981. The van der Waals surface area contributed by atoms with Crippen molar-refractivity contribution in [1.82, 2.24) is 9.71 Å². The predicted molar refractivity (Wildman–Crippen MR) is 136 cm³/mol. The highest BCUT2D eigenvalue weighted by molar-refractivity contribution is 7.90. The van der Waals surface area contributed by atoms with Crippen molar-refractivity contribution in [2.24, 2.45) is 0 Å². The maximum absolute atomic E-state index is 12.4. The zero-order valence-electron chi connectivity index (χ0n) is 20.2. The van der Waals surface area contributed by atoms with Crippen LogP contribution in [0.4, 0.5) is 11.4 Å². The number of amides is 1. The van der Waals surface area contributed by atoms with Crippen LogP contribution in [0.15, 0.2) is 67.0 Å². The molecule has 36 heavy (non-hydrogen) atoms. The van der Waals surface area contributed by atoms with Gasteiger partial charge in [-0.1, -0.05) is 6.07 Å². The maximum Gasteiger partial charge on any atom is 0.264 e.